The number of carbonyl (C=O) groups is 2. The highest BCUT2D eigenvalue weighted by Crippen LogP contribution is 2.34. The number of benzene rings is 1. The Labute approximate surface area is 199 Å². The van der Waals surface area contributed by atoms with E-state index in [0.717, 1.165) is 24.8 Å². The topological polar surface area (TPSA) is 101 Å². The minimum absolute atomic E-state index is 0.00794. The van der Waals surface area contributed by atoms with E-state index < -0.39 is 10.8 Å². The molecule has 0 saturated heterocycles. The number of carbonyl (C=O) groups excluding carboxylic acids is 2. The second-order valence-corrected chi connectivity index (χ2v) is 9.62. The predicted octanol–water partition coefficient (Wildman–Crippen LogP) is 3.60. The van der Waals surface area contributed by atoms with Gasteiger partial charge in [0.25, 0.3) is 0 Å². The summed E-state index contributed by atoms with van der Waals surface area (Å²) in [5.41, 5.74) is 0.294. The Kier molecular flexibility index (Phi) is 8.50. The number of ether oxygens (including phenoxy) is 1. The average Bonchev–Trinajstić information content (AvgIpc) is 3.19. The molecule has 1 aromatic heterocycles. The maximum Gasteiger partial charge on any atom is 0.313 e. The molecule has 2 aromatic rings. The van der Waals surface area contributed by atoms with E-state index in [1.54, 1.807) is 18.9 Å². The monoisotopic (exact) mass is 469 g/mol. The Morgan fingerprint density at radius 2 is 1.94 bits per heavy atom. The quantitative estimate of drug-likeness (QED) is 0.408. The van der Waals surface area contributed by atoms with Crippen molar-refractivity contribution in [1.29, 1.82) is 5.26 Å². The molecule has 0 radical (unpaired) electrons. The van der Waals surface area contributed by atoms with Crippen LogP contribution in [0.2, 0.25) is 0 Å². The molecule has 0 aliphatic heterocycles. The molecule has 1 fully saturated rings. The lowest BCUT2D eigenvalue weighted by Crippen LogP contribution is -2.52. The third kappa shape index (κ3) is 5.93. The Hall–Kier alpha value is -2.86. The maximum absolute atomic E-state index is 13.3. The van der Waals surface area contributed by atoms with Crippen molar-refractivity contribution in [3.63, 3.8) is 0 Å². The smallest absolute Gasteiger partial charge is 0.313 e. The number of thioether (sulfide) groups is 1. The number of nitrogens with zero attached hydrogens (tertiary/aromatic N) is 5. The van der Waals surface area contributed by atoms with Crippen LogP contribution < -0.4 is 0 Å². The molecule has 1 aliphatic rings. The first-order valence-corrected chi connectivity index (χ1v) is 12.3. The molecule has 176 valence electrons. The lowest BCUT2D eigenvalue weighted by molar-refractivity contribution is -0.142. The maximum atomic E-state index is 13.3. The van der Waals surface area contributed by atoms with Gasteiger partial charge in [-0.2, -0.15) is 5.26 Å². The molecule has 1 amide bonds. The molecule has 9 heteroatoms. The molecule has 1 heterocycles. The summed E-state index contributed by atoms with van der Waals surface area (Å²) in [4.78, 5) is 27.0. The summed E-state index contributed by atoms with van der Waals surface area (Å²) in [6.45, 7) is 4.36. The minimum Gasteiger partial charge on any atom is -0.466 e. The Morgan fingerprint density at radius 3 is 2.58 bits per heavy atom. The van der Waals surface area contributed by atoms with E-state index in [-0.39, 0.29) is 18.3 Å². The van der Waals surface area contributed by atoms with Gasteiger partial charge in [0.05, 0.1) is 24.5 Å². The van der Waals surface area contributed by atoms with Gasteiger partial charge in [-0.05, 0) is 32.3 Å². The summed E-state index contributed by atoms with van der Waals surface area (Å²) in [5.74, 6) is 0.0196. The highest BCUT2D eigenvalue weighted by molar-refractivity contribution is 8.00. The third-order valence-corrected chi connectivity index (χ3v) is 7.14. The second kappa shape index (κ2) is 11.3. The van der Waals surface area contributed by atoms with Crippen LogP contribution in [-0.2, 0) is 27.3 Å². The van der Waals surface area contributed by atoms with E-state index in [4.69, 9.17) is 4.74 Å². The number of nitriles is 1. The Bertz CT molecular complexity index is 995. The number of aromatic nitrogens is 3. The summed E-state index contributed by atoms with van der Waals surface area (Å²) in [6, 6.07) is 12.2. The largest absolute Gasteiger partial charge is 0.466 e. The molecular formula is C24H31N5O3S. The molecule has 0 spiro atoms. The van der Waals surface area contributed by atoms with Gasteiger partial charge in [-0.25, -0.2) is 0 Å². The molecule has 1 unspecified atom stereocenters. The van der Waals surface area contributed by atoms with Crippen molar-refractivity contribution in [3.05, 3.63) is 41.7 Å². The minimum atomic E-state index is -0.739. The molecular weight excluding hydrogens is 438 g/mol. The molecule has 1 atom stereocenters. The number of hydrogen-bond acceptors (Lipinski definition) is 7. The van der Waals surface area contributed by atoms with Crippen LogP contribution in [0.1, 0.15) is 57.3 Å². The van der Waals surface area contributed by atoms with E-state index >= 15 is 0 Å². The molecule has 0 bridgehead atoms. The highest BCUT2D eigenvalue weighted by atomic mass is 32.2. The van der Waals surface area contributed by atoms with Gasteiger partial charge in [-0.15, -0.1) is 10.2 Å². The van der Waals surface area contributed by atoms with E-state index in [1.807, 2.05) is 41.8 Å². The number of esters is 1. The Balaban J connectivity index is 1.81. The SMILES string of the molecule is CCOC(=O)Cc1nnc(SC(C)C(=O)N(C)C2(C#N)CCCCC2)n1Cc1ccccc1. The lowest BCUT2D eigenvalue weighted by atomic mass is 9.81. The van der Waals surface area contributed by atoms with Crippen molar-refractivity contribution in [2.24, 2.45) is 0 Å². The van der Waals surface area contributed by atoms with Crippen molar-refractivity contribution in [3.8, 4) is 6.07 Å². The van der Waals surface area contributed by atoms with Crippen LogP contribution in [0, 0.1) is 11.3 Å². The van der Waals surface area contributed by atoms with Crippen molar-refractivity contribution in [1.82, 2.24) is 19.7 Å². The first-order chi connectivity index (χ1) is 15.9. The van der Waals surface area contributed by atoms with Crippen LogP contribution in [-0.4, -0.2) is 56.0 Å². The Morgan fingerprint density at radius 1 is 1.24 bits per heavy atom. The van der Waals surface area contributed by atoms with E-state index in [2.05, 4.69) is 16.3 Å². The highest BCUT2D eigenvalue weighted by Gasteiger charge is 2.40. The standard InChI is InChI=1S/C24H31N5O3S/c1-4-32-21(30)15-20-26-27-23(29(20)16-19-11-7-5-8-12-19)33-18(2)22(31)28(3)24(17-25)13-9-6-10-14-24/h5,7-8,11-12,18H,4,6,9-10,13-16H2,1-3H3. The van der Waals surface area contributed by atoms with Gasteiger partial charge in [0.2, 0.25) is 5.91 Å². The van der Waals surface area contributed by atoms with Gasteiger partial charge >= 0.3 is 5.97 Å². The fourth-order valence-corrected chi connectivity index (χ4v) is 5.11. The van der Waals surface area contributed by atoms with Gasteiger partial charge < -0.3 is 14.2 Å². The molecule has 1 aromatic carbocycles. The van der Waals surface area contributed by atoms with Crippen molar-refractivity contribution in [2.45, 2.75) is 74.9 Å². The lowest BCUT2D eigenvalue weighted by Gasteiger charge is -2.40. The van der Waals surface area contributed by atoms with Crippen LogP contribution in [0.15, 0.2) is 35.5 Å². The normalized spacial score (nSPS) is 15.9. The fourth-order valence-electron chi connectivity index (χ4n) is 4.15. The molecule has 1 aliphatic carbocycles. The number of hydrogen-bond donors (Lipinski definition) is 0. The zero-order chi connectivity index (χ0) is 23.8. The molecule has 3 rings (SSSR count). The molecule has 1 saturated carbocycles. The second-order valence-electron chi connectivity index (χ2n) is 8.31. The summed E-state index contributed by atoms with van der Waals surface area (Å²) >= 11 is 1.30. The zero-order valence-corrected chi connectivity index (χ0v) is 20.3. The predicted molar refractivity (Wildman–Crippen MR) is 125 cm³/mol. The average molecular weight is 470 g/mol. The molecule has 8 nitrogen and oxygen atoms in total. The first kappa shape index (κ1) is 24.8. The van der Waals surface area contributed by atoms with Gasteiger partial charge in [0.15, 0.2) is 5.16 Å². The molecule has 33 heavy (non-hydrogen) atoms. The summed E-state index contributed by atoms with van der Waals surface area (Å²) in [7, 11) is 1.73. The summed E-state index contributed by atoms with van der Waals surface area (Å²) in [5, 5.41) is 18.5. The van der Waals surface area contributed by atoms with Crippen LogP contribution in [0.5, 0.6) is 0 Å². The first-order valence-electron chi connectivity index (χ1n) is 11.4. The summed E-state index contributed by atoms with van der Waals surface area (Å²) < 4.78 is 6.95. The fraction of sp³-hybridized carbons (Fsp3) is 0.542. The van der Waals surface area contributed by atoms with Gasteiger partial charge in [-0.3, -0.25) is 9.59 Å². The van der Waals surface area contributed by atoms with E-state index in [1.165, 1.54) is 11.8 Å². The van der Waals surface area contributed by atoms with Crippen LogP contribution in [0.3, 0.4) is 0 Å². The summed E-state index contributed by atoms with van der Waals surface area (Å²) in [6.07, 6.45) is 4.42. The third-order valence-electron chi connectivity index (χ3n) is 6.08. The van der Waals surface area contributed by atoms with Crippen molar-refractivity contribution in [2.75, 3.05) is 13.7 Å². The van der Waals surface area contributed by atoms with Crippen LogP contribution in [0.4, 0.5) is 0 Å². The van der Waals surface area contributed by atoms with Crippen molar-refractivity contribution >= 4 is 23.6 Å². The zero-order valence-electron chi connectivity index (χ0n) is 19.5. The van der Waals surface area contributed by atoms with Crippen LogP contribution in [0.25, 0.3) is 0 Å². The number of rotatable bonds is 9. The number of amides is 1. The van der Waals surface area contributed by atoms with Gasteiger partial charge in [0, 0.05) is 7.05 Å². The van der Waals surface area contributed by atoms with Crippen molar-refractivity contribution < 1.29 is 14.3 Å². The van der Waals surface area contributed by atoms with E-state index in [9.17, 15) is 14.9 Å². The van der Waals surface area contributed by atoms with Gasteiger partial charge in [-0.1, -0.05) is 61.4 Å². The van der Waals surface area contributed by atoms with E-state index in [0.29, 0.717) is 37.0 Å². The molecule has 0 N–H and O–H groups in total. The van der Waals surface area contributed by atoms with Gasteiger partial charge in [0.1, 0.15) is 17.8 Å². The van der Waals surface area contributed by atoms with Crippen LogP contribution >= 0.6 is 11.8 Å².